The third kappa shape index (κ3) is 4.12. The van der Waals surface area contributed by atoms with E-state index in [2.05, 4.69) is 62.3 Å². The molecule has 2 aliphatic heterocycles. The van der Waals surface area contributed by atoms with Gasteiger partial charge in [-0.05, 0) is 32.1 Å². The Hall–Kier alpha value is -3.19. The van der Waals surface area contributed by atoms with Crippen LogP contribution in [-0.4, -0.2) is 85.3 Å². The van der Waals surface area contributed by atoms with Gasteiger partial charge in [-0.15, -0.1) is 10.2 Å². The molecule has 2 saturated heterocycles. The van der Waals surface area contributed by atoms with Crippen LogP contribution in [-0.2, 0) is 0 Å². The second-order valence-electron chi connectivity index (χ2n) is 8.68. The number of amides is 1. The van der Waals surface area contributed by atoms with Gasteiger partial charge in [0, 0.05) is 62.3 Å². The first kappa shape index (κ1) is 20.7. The Bertz CT molecular complexity index is 1080. The highest BCUT2D eigenvalue weighted by atomic mass is 16.2. The molecule has 0 N–H and O–H groups in total. The van der Waals surface area contributed by atoms with Gasteiger partial charge in [-0.3, -0.25) is 4.79 Å². The maximum atomic E-state index is 13.4. The minimum atomic E-state index is -0.0245. The van der Waals surface area contributed by atoms with Crippen molar-refractivity contribution in [3.05, 3.63) is 60.3 Å². The van der Waals surface area contributed by atoms with Gasteiger partial charge in [0.25, 0.3) is 5.91 Å². The first-order chi connectivity index (χ1) is 15.7. The summed E-state index contributed by atoms with van der Waals surface area (Å²) in [5.41, 5.74) is 1.67. The largest absolute Gasteiger partial charge is 0.368 e. The molecular weight excluding hydrogens is 400 g/mol. The minimum Gasteiger partial charge on any atom is -0.368 e. The van der Waals surface area contributed by atoms with Crippen LogP contribution in [0.25, 0.3) is 10.8 Å². The summed E-state index contributed by atoms with van der Waals surface area (Å²) in [6.07, 6.45) is 1.10. The van der Waals surface area contributed by atoms with Gasteiger partial charge in [0.15, 0.2) is 11.5 Å². The molecule has 2 fully saturated rings. The lowest BCUT2D eigenvalue weighted by atomic mass is 10.1. The van der Waals surface area contributed by atoms with Crippen molar-refractivity contribution < 1.29 is 4.79 Å². The zero-order valence-corrected chi connectivity index (χ0v) is 18.7. The molecule has 7 nitrogen and oxygen atoms in total. The summed E-state index contributed by atoms with van der Waals surface area (Å²) in [5, 5.41) is 11.0. The number of likely N-dealkylation sites (N-methyl/N-ethyl adjacent to an activating group) is 1. The number of aromatic nitrogens is 2. The fourth-order valence-corrected chi connectivity index (χ4v) is 4.70. The summed E-state index contributed by atoms with van der Waals surface area (Å²) in [6.45, 7) is 6.98. The van der Waals surface area contributed by atoms with Crippen LogP contribution in [0.3, 0.4) is 0 Å². The monoisotopic (exact) mass is 430 g/mol. The Labute approximate surface area is 189 Å². The van der Waals surface area contributed by atoms with Crippen molar-refractivity contribution in [1.29, 1.82) is 0 Å². The van der Waals surface area contributed by atoms with E-state index >= 15 is 0 Å². The molecule has 0 atom stereocenters. The van der Waals surface area contributed by atoms with Crippen LogP contribution in [0.15, 0.2) is 54.6 Å². The molecule has 1 amide bonds. The highest BCUT2D eigenvalue weighted by Gasteiger charge is 2.26. The van der Waals surface area contributed by atoms with Gasteiger partial charge in [-0.1, -0.05) is 42.5 Å². The summed E-state index contributed by atoms with van der Waals surface area (Å²) >= 11 is 0. The van der Waals surface area contributed by atoms with Gasteiger partial charge in [0.2, 0.25) is 0 Å². The van der Waals surface area contributed by atoms with E-state index in [1.165, 1.54) is 5.69 Å². The van der Waals surface area contributed by atoms with Crippen LogP contribution in [0.1, 0.15) is 16.9 Å². The Morgan fingerprint density at radius 1 is 0.719 bits per heavy atom. The van der Waals surface area contributed by atoms with E-state index in [9.17, 15) is 4.79 Å². The molecule has 2 aliphatic rings. The number of hydrogen-bond donors (Lipinski definition) is 0. The van der Waals surface area contributed by atoms with Crippen molar-refractivity contribution in [2.24, 2.45) is 0 Å². The number of para-hydroxylation sites is 1. The molecule has 0 saturated carbocycles. The smallest absolute Gasteiger partial charge is 0.275 e. The lowest BCUT2D eigenvalue weighted by molar-refractivity contribution is 0.0742. The van der Waals surface area contributed by atoms with Crippen LogP contribution < -0.4 is 9.80 Å². The molecule has 0 radical (unpaired) electrons. The highest BCUT2D eigenvalue weighted by molar-refractivity contribution is 6.07. The zero-order chi connectivity index (χ0) is 21.9. The second kappa shape index (κ2) is 9.12. The normalized spacial score (nSPS) is 18.1. The molecule has 1 aromatic heterocycles. The fraction of sp³-hybridized carbons (Fsp3) is 0.400. The van der Waals surface area contributed by atoms with Gasteiger partial charge in [-0.25, -0.2) is 0 Å². The van der Waals surface area contributed by atoms with E-state index in [1.54, 1.807) is 0 Å². The van der Waals surface area contributed by atoms with Crippen molar-refractivity contribution in [2.45, 2.75) is 6.42 Å². The number of carbonyl (C=O) groups is 1. The molecule has 0 spiro atoms. The van der Waals surface area contributed by atoms with Crippen LogP contribution in [0.4, 0.5) is 11.5 Å². The van der Waals surface area contributed by atoms with Gasteiger partial charge >= 0.3 is 0 Å². The van der Waals surface area contributed by atoms with E-state index in [0.29, 0.717) is 18.8 Å². The van der Waals surface area contributed by atoms with Crippen molar-refractivity contribution in [1.82, 2.24) is 20.0 Å². The third-order valence-electron chi connectivity index (χ3n) is 6.58. The Morgan fingerprint density at radius 2 is 1.41 bits per heavy atom. The number of hydrogen-bond acceptors (Lipinski definition) is 6. The SMILES string of the molecule is CN1CCCN(c2nnc(C(=O)N3CCN(c4ccccc4)CC3)c3ccccc23)CC1. The maximum Gasteiger partial charge on any atom is 0.275 e. The quantitative estimate of drug-likeness (QED) is 0.637. The van der Waals surface area contributed by atoms with Crippen LogP contribution in [0.2, 0.25) is 0 Å². The fourth-order valence-electron chi connectivity index (χ4n) is 4.70. The molecule has 2 aromatic carbocycles. The molecule has 0 unspecified atom stereocenters. The predicted octanol–water partition coefficient (Wildman–Crippen LogP) is 2.73. The van der Waals surface area contributed by atoms with Crippen molar-refractivity contribution in [2.75, 3.05) is 69.2 Å². The zero-order valence-electron chi connectivity index (χ0n) is 18.7. The summed E-state index contributed by atoms with van der Waals surface area (Å²) < 4.78 is 0. The summed E-state index contributed by atoms with van der Waals surface area (Å²) in [6, 6.07) is 18.4. The Balaban J connectivity index is 1.37. The van der Waals surface area contributed by atoms with Gasteiger partial charge in [0.1, 0.15) is 0 Å². The Kier molecular flexibility index (Phi) is 5.90. The van der Waals surface area contributed by atoms with Gasteiger partial charge < -0.3 is 19.6 Å². The molecular formula is C25H30N6O. The first-order valence-electron chi connectivity index (χ1n) is 11.5. The number of rotatable bonds is 3. The van der Waals surface area contributed by atoms with Crippen molar-refractivity contribution >= 4 is 28.2 Å². The average Bonchev–Trinajstić information content (AvgIpc) is 3.08. The lowest BCUT2D eigenvalue weighted by Gasteiger charge is -2.36. The third-order valence-corrected chi connectivity index (χ3v) is 6.58. The van der Waals surface area contributed by atoms with E-state index < -0.39 is 0 Å². The molecule has 3 heterocycles. The molecule has 0 aliphatic carbocycles. The van der Waals surface area contributed by atoms with Crippen LogP contribution in [0.5, 0.6) is 0 Å². The molecule has 0 bridgehead atoms. The van der Waals surface area contributed by atoms with E-state index in [4.69, 9.17) is 0 Å². The summed E-state index contributed by atoms with van der Waals surface area (Å²) in [5.74, 6) is 0.866. The Morgan fingerprint density at radius 3 is 2.19 bits per heavy atom. The average molecular weight is 431 g/mol. The standard InChI is InChI=1S/C25H30N6O/c1-28-12-7-13-30(15-14-28)24-22-11-6-5-10-21(22)23(26-27-24)25(32)31-18-16-29(17-19-31)20-8-3-2-4-9-20/h2-6,8-11H,7,12-19H2,1H3. The van der Waals surface area contributed by atoms with Crippen LogP contribution in [0, 0.1) is 0 Å². The topological polar surface area (TPSA) is 55.8 Å². The van der Waals surface area contributed by atoms with E-state index in [1.807, 2.05) is 29.2 Å². The first-order valence-corrected chi connectivity index (χ1v) is 11.5. The van der Waals surface area contributed by atoms with Gasteiger partial charge in [-0.2, -0.15) is 0 Å². The van der Waals surface area contributed by atoms with Gasteiger partial charge in [0.05, 0.1) is 0 Å². The predicted molar refractivity (Wildman–Crippen MR) is 128 cm³/mol. The minimum absolute atomic E-state index is 0.0245. The number of benzene rings is 2. The van der Waals surface area contributed by atoms with Crippen molar-refractivity contribution in [3.63, 3.8) is 0 Å². The molecule has 166 valence electrons. The van der Waals surface area contributed by atoms with Crippen molar-refractivity contribution in [3.8, 4) is 0 Å². The molecule has 32 heavy (non-hydrogen) atoms. The number of piperazine rings is 1. The second-order valence-corrected chi connectivity index (χ2v) is 8.68. The van der Waals surface area contributed by atoms with Crippen LogP contribution >= 0.6 is 0 Å². The number of nitrogens with zero attached hydrogens (tertiary/aromatic N) is 6. The summed E-state index contributed by atoms with van der Waals surface area (Å²) in [4.78, 5) is 22.3. The summed E-state index contributed by atoms with van der Waals surface area (Å²) in [7, 11) is 2.16. The number of carbonyl (C=O) groups excluding carboxylic acids is 1. The maximum absolute atomic E-state index is 13.4. The molecule has 7 heteroatoms. The molecule has 3 aromatic rings. The molecule has 5 rings (SSSR count). The highest BCUT2D eigenvalue weighted by Crippen LogP contribution is 2.27. The lowest BCUT2D eigenvalue weighted by Crippen LogP contribution is -2.49. The van der Waals surface area contributed by atoms with E-state index in [-0.39, 0.29) is 5.91 Å². The number of anilines is 2. The number of fused-ring (bicyclic) bond motifs is 1. The van der Waals surface area contributed by atoms with E-state index in [0.717, 1.165) is 62.3 Å².